The number of likely N-dealkylation sites (tertiary alicyclic amines) is 1. The molecule has 174 valence electrons. The van der Waals surface area contributed by atoms with Crippen LogP contribution < -0.4 is 4.90 Å². The Labute approximate surface area is 196 Å². The van der Waals surface area contributed by atoms with Gasteiger partial charge in [0.25, 0.3) is 0 Å². The maximum atomic E-state index is 13.0. The molecule has 6 heteroatoms. The molecule has 0 unspecified atom stereocenters. The van der Waals surface area contributed by atoms with Crippen LogP contribution in [0.5, 0.6) is 0 Å². The third-order valence-electron chi connectivity index (χ3n) is 7.59. The minimum Gasteiger partial charge on any atom is -0.342 e. The topological polar surface area (TPSA) is 66.4 Å². The second-order valence-electron chi connectivity index (χ2n) is 9.89. The van der Waals surface area contributed by atoms with Gasteiger partial charge in [0.15, 0.2) is 0 Å². The molecule has 5 rings (SSSR count). The summed E-state index contributed by atoms with van der Waals surface area (Å²) in [7, 11) is 0. The van der Waals surface area contributed by atoms with Gasteiger partial charge in [-0.15, -0.1) is 0 Å². The number of amides is 2. The summed E-state index contributed by atoms with van der Waals surface area (Å²) in [5, 5.41) is 0. The molecule has 2 fully saturated rings. The van der Waals surface area contributed by atoms with Crippen molar-refractivity contribution in [1.29, 1.82) is 0 Å². The highest BCUT2D eigenvalue weighted by molar-refractivity contribution is 6.00. The Kier molecular flexibility index (Phi) is 6.43. The van der Waals surface area contributed by atoms with Crippen LogP contribution in [0.15, 0.2) is 30.3 Å². The van der Waals surface area contributed by atoms with Gasteiger partial charge in [-0.05, 0) is 51.0 Å². The Balaban J connectivity index is 1.30. The lowest BCUT2D eigenvalue weighted by Gasteiger charge is -2.34. The fourth-order valence-electron chi connectivity index (χ4n) is 5.72. The van der Waals surface area contributed by atoms with E-state index in [0.29, 0.717) is 25.4 Å². The van der Waals surface area contributed by atoms with Crippen molar-refractivity contribution in [3.05, 3.63) is 53.0 Å². The van der Waals surface area contributed by atoms with E-state index >= 15 is 0 Å². The highest BCUT2D eigenvalue weighted by atomic mass is 16.2. The van der Waals surface area contributed by atoms with Gasteiger partial charge in [0.2, 0.25) is 11.8 Å². The molecule has 0 radical (unpaired) electrons. The van der Waals surface area contributed by atoms with Crippen LogP contribution in [0.4, 0.5) is 5.82 Å². The van der Waals surface area contributed by atoms with Gasteiger partial charge in [-0.25, -0.2) is 9.97 Å². The van der Waals surface area contributed by atoms with E-state index in [2.05, 4.69) is 29.2 Å². The highest BCUT2D eigenvalue weighted by Gasteiger charge is 2.35. The Bertz CT molecular complexity index is 1020. The summed E-state index contributed by atoms with van der Waals surface area (Å²) in [6, 6.07) is 10.4. The Morgan fingerprint density at radius 3 is 2.64 bits per heavy atom. The van der Waals surface area contributed by atoms with Gasteiger partial charge in [0.05, 0.1) is 6.42 Å². The number of hydrogen-bond donors (Lipinski definition) is 0. The van der Waals surface area contributed by atoms with E-state index in [9.17, 15) is 9.59 Å². The largest absolute Gasteiger partial charge is 0.342 e. The summed E-state index contributed by atoms with van der Waals surface area (Å²) in [6.45, 7) is 4.22. The number of hydrogen-bond acceptors (Lipinski definition) is 4. The van der Waals surface area contributed by atoms with Gasteiger partial charge in [-0.2, -0.15) is 0 Å². The maximum absolute atomic E-state index is 13.0. The van der Waals surface area contributed by atoms with Crippen molar-refractivity contribution in [2.45, 2.75) is 70.6 Å². The number of carbonyl (C=O) groups excluding carboxylic acids is 2. The molecule has 6 nitrogen and oxygen atoms in total. The molecule has 1 aromatic carbocycles. The molecule has 1 atom stereocenters. The van der Waals surface area contributed by atoms with Crippen molar-refractivity contribution in [1.82, 2.24) is 14.9 Å². The third kappa shape index (κ3) is 4.66. The summed E-state index contributed by atoms with van der Waals surface area (Å²) in [5.41, 5.74) is 3.17. The molecule has 1 aliphatic carbocycles. The predicted molar refractivity (Wildman–Crippen MR) is 128 cm³/mol. The van der Waals surface area contributed by atoms with E-state index in [1.807, 2.05) is 17.9 Å². The molecule has 3 aliphatic rings. The van der Waals surface area contributed by atoms with Crippen LogP contribution in [0.25, 0.3) is 0 Å². The van der Waals surface area contributed by atoms with Gasteiger partial charge < -0.3 is 4.90 Å². The molecule has 0 spiro atoms. The van der Waals surface area contributed by atoms with Crippen LogP contribution in [0.2, 0.25) is 0 Å². The second-order valence-corrected chi connectivity index (χ2v) is 9.89. The summed E-state index contributed by atoms with van der Waals surface area (Å²) in [5.74, 6) is 2.41. The van der Waals surface area contributed by atoms with Crippen LogP contribution in [-0.4, -0.2) is 46.3 Å². The molecule has 1 saturated heterocycles. The number of anilines is 1. The monoisotopic (exact) mass is 446 g/mol. The Hall–Kier alpha value is -2.76. The number of aryl methyl sites for hydroxylation is 2. The fraction of sp³-hybridized carbons (Fsp3) is 0.556. The molecule has 2 aromatic rings. The van der Waals surface area contributed by atoms with E-state index < -0.39 is 0 Å². The molecular formula is C27H34N4O2. The molecule has 1 saturated carbocycles. The number of fused-ring (bicyclic) bond motifs is 1. The fourth-order valence-corrected chi connectivity index (χ4v) is 5.72. The first kappa shape index (κ1) is 22.1. The lowest BCUT2D eigenvalue weighted by Crippen LogP contribution is -2.42. The molecule has 2 aliphatic heterocycles. The normalized spacial score (nSPS) is 21.0. The van der Waals surface area contributed by atoms with E-state index in [1.165, 1.54) is 18.4 Å². The van der Waals surface area contributed by atoms with Crippen LogP contribution in [0.3, 0.4) is 0 Å². The van der Waals surface area contributed by atoms with Crippen LogP contribution in [0.1, 0.15) is 73.5 Å². The standard InChI is InChI=1S/C27H34N4O2/c1-19-23-17-24(32)31(16-7-11-20-9-3-2-4-10-20)26(23)29-25(28-19)22-14-8-15-30(18-22)27(33)21-12-5-6-13-21/h2-4,9-10,21-22H,5-8,11-18H2,1H3/t22-/m0/s1. The average Bonchev–Trinajstić information content (AvgIpc) is 3.48. The SMILES string of the molecule is Cc1nc([C@H]2CCCN(C(=O)C3CCCC3)C2)nc2c1CC(=O)N2CCCc1ccccc1. The Morgan fingerprint density at radius 1 is 1.06 bits per heavy atom. The summed E-state index contributed by atoms with van der Waals surface area (Å²) in [6.07, 6.45) is 8.64. The maximum Gasteiger partial charge on any atom is 0.232 e. The zero-order chi connectivity index (χ0) is 22.8. The number of piperidine rings is 1. The Morgan fingerprint density at radius 2 is 1.85 bits per heavy atom. The number of carbonyl (C=O) groups is 2. The van der Waals surface area contributed by atoms with Crippen molar-refractivity contribution < 1.29 is 9.59 Å². The van der Waals surface area contributed by atoms with Crippen LogP contribution in [-0.2, 0) is 22.4 Å². The van der Waals surface area contributed by atoms with Crippen molar-refractivity contribution in [3.8, 4) is 0 Å². The number of rotatable bonds is 6. The molecule has 0 N–H and O–H groups in total. The zero-order valence-corrected chi connectivity index (χ0v) is 19.6. The molecule has 33 heavy (non-hydrogen) atoms. The van der Waals surface area contributed by atoms with Gasteiger partial charge in [-0.3, -0.25) is 14.5 Å². The van der Waals surface area contributed by atoms with Crippen LogP contribution in [0, 0.1) is 12.8 Å². The number of aromatic nitrogens is 2. The van der Waals surface area contributed by atoms with Crippen molar-refractivity contribution in [2.24, 2.45) is 5.92 Å². The molecule has 3 heterocycles. The zero-order valence-electron chi connectivity index (χ0n) is 19.6. The van der Waals surface area contributed by atoms with Crippen LogP contribution >= 0.6 is 0 Å². The molecule has 0 bridgehead atoms. The van der Waals surface area contributed by atoms with Gasteiger partial charge in [-0.1, -0.05) is 43.2 Å². The van der Waals surface area contributed by atoms with E-state index in [1.54, 1.807) is 0 Å². The van der Waals surface area contributed by atoms with E-state index in [-0.39, 0.29) is 17.7 Å². The van der Waals surface area contributed by atoms with E-state index in [4.69, 9.17) is 9.97 Å². The second kappa shape index (κ2) is 9.62. The molecule has 1 aromatic heterocycles. The van der Waals surface area contributed by atoms with Gasteiger partial charge in [0, 0.05) is 42.7 Å². The first-order valence-electron chi connectivity index (χ1n) is 12.6. The van der Waals surface area contributed by atoms with Crippen molar-refractivity contribution in [3.63, 3.8) is 0 Å². The first-order valence-corrected chi connectivity index (χ1v) is 12.6. The number of benzene rings is 1. The smallest absolute Gasteiger partial charge is 0.232 e. The predicted octanol–water partition coefficient (Wildman–Crippen LogP) is 4.20. The quantitative estimate of drug-likeness (QED) is 0.667. The molecular weight excluding hydrogens is 412 g/mol. The third-order valence-corrected chi connectivity index (χ3v) is 7.59. The van der Waals surface area contributed by atoms with Gasteiger partial charge in [0.1, 0.15) is 11.6 Å². The highest BCUT2D eigenvalue weighted by Crippen LogP contribution is 2.34. The number of nitrogens with zero attached hydrogens (tertiary/aromatic N) is 4. The minimum absolute atomic E-state index is 0.120. The first-order chi connectivity index (χ1) is 16.1. The summed E-state index contributed by atoms with van der Waals surface area (Å²) < 4.78 is 0. The van der Waals surface area contributed by atoms with Gasteiger partial charge >= 0.3 is 0 Å². The van der Waals surface area contributed by atoms with Crippen molar-refractivity contribution >= 4 is 17.6 Å². The summed E-state index contributed by atoms with van der Waals surface area (Å²) in [4.78, 5) is 39.5. The average molecular weight is 447 g/mol. The lowest BCUT2D eigenvalue weighted by atomic mass is 9.95. The minimum atomic E-state index is 0.120. The van der Waals surface area contributed by atoms with Crippen molar-refractivity contribution in [2.75, 3.05) is 24.5 Å². The molecule has 2 amide bonds. The lowest BCUT2D eigenvalue weighted by molar-refractivity contribution is -0.136. The summed E-state index contributed by atoms with van der Waals surface area (Å²) >= 11 is 0. The van der Waals surface area contributed by atoms with E-state index in [0.717, 1.165) is 68.0 Å².